The first-order valence-electron chi connectivity index (χ1n) is 3.83. The van der Waals surface area contributed by atoms with Gasteiger partial charge in [-0.2, -0.15) is 0 Å². The Morgan fingerprint density at radius 1 is 1.31 bits per heavy atom. The van der Waals surface area contributed by atoms with Gasteiger partial charge in [-0.05, 0) is 24.3 Å². The molecular formula is C9H8FN3. The largest absolute Gasteiger partial charge is 0.321 e. The lowest BCUT2D eigenvalue weighted by atomic mass is 10.2. The van der Waals surface area contributed by atoms with Crippen molar-refractivity contribution in [1.29, 1.82) is 0 Å². The Morgan fingerprint density at radius 3 is 2.92 bits per heavy atom. The van der Waals surface area contributed by atoms with Gasteiger partial charge in [0, 0.05) is 11.6 Å². The smallest absolute Gasteiger partial charge is 0.148 e. The van der Waals surface area contributed by atoms with Crippen LogP contribution in [0, 0.1) is 5.82 Å². The average Bonchev–Trinajstić information content (AvgIpc) is 2.18. The third-order valence-corrected chi connectivity index (χ3v) is 1.88. The molecule has 66 valence electrons. The van der Waals surface area contributed by atoms with E-state index in [1.807, 2.05) is 0 Å². The zero-order valence-electron chi connectivity index (χ0n) is 6.79. The molecule has 0 aliphatic rings. The van der Waals surface area contributed by atoms with Gasteiger partial charge in [-0.25, -0.2) is 4.39 Å². The predicted octanol–water partition coefficient (Wildman–Crippen LogP) is 1.66. The number of nitrogens with zero attached hydrogens (tertiary/aromatic N) is 1. The molecule has 0 aliphatic carbocycles. The molecule has 0 spiro atoms. The maximum Gasteiger partial charge on any atom is 0.148 e. The summed E-state index contributed by atoms with van der Waals surface area (Å²) >= 11 is 0. The van der Waals surface area contributed by atoms with E-state index in [1.54, 1.807) is 24.4 Å². The fourth-order valence-corrected chi connectivity index (χ4v) is 1.27. The first-order chi connectivity index (χ1) is 6.33. The molecule has 1 aromatic carbocycles. The van der Waals surface area contributed by atoms with Crippen LogP contribution >= 0.6 is 0 Å². The number of nitrogens with one attached hydrogen (secondary N) is 1. The van der Waals surface area contributed by atoms with Crippen LogP contribution in [0.25, 0.3) is 10.9 Å². The van der Waals surface area contributed by atoms with E-state index < -0.39 is 0 Å². The average molecular weight is 177 g/mol. The molecule has 2 aromatic rings. The second kappa shape index (κ2) is 2.99. The highest BCUT2D eigenvalue weighted by Gasteiger charge is 2.05. The topological polar surface area (TPSA) is 50.9 Å². The van der Waals surface area contributed by atoms with Crippen molar-refractivity contribution in [2.24, 2.45) is 5.84 Å². The summed E-state index contributed by atoms with van der Waals surface area (Å²) in [7, 11) is 0. The molecule has 3 nitrogen and oxygen atoms in total. The Morgan fingerprint density at radius 2 is 2.15 bits per heavy atom. The van der Waals surface area contributed by atoms with Gasteiger partial charge in [-0.1, -0.05) is 0 Å². The number of hydrogen-bond donors (Lipinski definition) is 2. The molecule has 0 amide bonds. The maximum absolute atomic E-state index is 13.1. The lowest BCUT2D eigenvalue weighted by molar-refractivity contribution is 0.632. The van der Waals surface area contributed by atoms with Crippen LogP contribution in [-0.2, 0) is 0 Å². The molecular weight excluding hydrogens is 169 g/mol. The first kappa shape index (κ1) is 7.94. The summed E-state index contributed by atoms with van der Waals surface area (Å²) in [6.45, 7) is 0. The molecule has 0 unspecified atom stereocenters. The number of benzene rings is 1. The van der Waals surface area contributed by atoms with Gasteiger partial charge >= 0.3 is 0 Å². The van der Waals surface area contributed by atoms with Crippen LogP contribution in [-0.4, -0.2) is 4.98 Å². The third-order valence-electron chi connectivity index (χ3n) is 1.88. The van der Waals surface area contributed by atoms with Crippen LogP contribution < -0.4 is 11.3 Å². The Labute approximate surface area is 74.4 Å². The molecule has 13 heavy (non-hydrogen) atoms. The quantitative estimate of drug-likeness (QED) is 0.514. The lowest BCUT2D eigenvalue weighted by Gasteiger charge is -2.05. The van der Waals surface area contributed by atoms with Crippen molar-refractivity contribution in [3.63, 3.8) is 0 Å². The molecule has 1 heterocycles. The van der Waals surface area contributed by atoms with E-state index >= 15 is 0 Å². The van der Waals surface area contributed by atoms with E-state index in [4.69, 9.17) is 5.84 Å². The van der Waals surface area contributed by atoms with Crippen LogP contribution in [0.2, 0.25) is 0 Å². The fourth-order valence-electron chi connectivity index (χ4n) is 1.27. The summed E-state index contributed by atoms with van der Waals surface area (Å²) in [4.78, 5) is 4.07. The number of anilines is 1. The molecule has 0 aliphatic heterocycles. The fraction of sp³-hybridized carbons (Fsp3) is 0. The highest BCUT2D eigenvalue weighted by Crippen LogP contribution is 2.23. The molecule has 0 radical (unpaired) electrons. The number of halogens is 1. The van der Waals surface area contributed by atoms with Gasteiger partial charge in [0.2, 0.25) is 0 Å². The van der Waals surface area contributed by atoms with Crippen molar-refractivity contribution in [2.45, 2.75) is 0 Å². The minimum absolute atomic E-state index is 0.283. The highest BCUT2D eigenvalue weighted by molar-refractivity contribution is 5.91. The van der Waals surface area contributed by atoms with Crippen molar-refractivity contribution < 1.29 is 4.39 Å². The Hall–Kier alpha value is -1.68. The van der Waals surface area contributed by atoms with Crippen LogP contribution in [0.3, 0.4) is 0 Å². The molecule has 4 heteroatoms. The summed E-state index contributed by atoms with van der Waals surface area (Å²) in [5.41, 5.74) is 3.33. The summed E-state index contributed by atoms with van der Waals surface area (Å²) in [5.74, 6) is 4.83. The number of nitrogen functional groups attached to an aromatic ring is 1. The molecule has 0 atom stereocenters. The zero-order chi connectivity index (χ0) is 9.26. The minimum atomic E-state index is -0.372. The van der Waals surface area contributed by atoms with E-state index in [1.165, 1.54) is 6.07 Å². The standard InChI is InChI=1S/C9H8FN3/c10-7-3-4-8-6(9(7)13-11)2-1-5-12-8/h1-5,13H,11H2. The van der Waals surface area contributed by atoms with Crippen LogP contribution in [0.15, 0.2) is 30.5 Å². The Kier molecular flexibility index (Phi) is 1.83. The van der Waals surface area contributed by atoms with Crippen molar-refractivity contribution in [3.05, 3.63) is 36.3 Å². The number of rotatable bonds is 1. The molecule has 2 rings (SSSR count). The van der Waals surface area contributed by atoms with Gasteiger partial charge in [0.05, 0.1) is 11.2 Å². The minimum Gasteiger partial charge on any atom is -0.321 e. The van der Waals surface area contributed by atoms with Crippen LogP contribution in [0.5, 0.6) is 0 Å². The van der Waals surface area contributed by atoms with Crippen molar-refractivity contribution >= 4 is 16.6 Å². The maximum atomic E-state index is 13.1. The summed E-state index contributed by atoms with van der Waals surface area (Å²) < 4.78 is 13.1. The van der Waals surface area contributed by atoms with E-state index in [-0.39, 0.29) is 11.5 Å². The number of aromatic nitrogens is 1. The molecule has 0 saturated carbocycles. The van der Waals surface area contributed by atoms with E-state index in [9.17, 15) is 4.39 Å². The van der Waals surface area contributed by atoms with E-state index in [0.29, 0.717) is 5.39 Å². The van der Waals surface area contributed by atoms with Gasteiger partial charge in [0.15, 0.2) is 0 Å². The van der Waals surface area contributed by atoms with Crippen molar-refractivity contribution in [3.8, 4) is 0 Å². The number of hydrazine groups is 1. The number of hydrogen-bond acceptors (Lipinski definition) is 3. The van der Waals surface area contributed by atoms with Crippen LogP contribution in [0.1, 0.15) is 0 Å². The second-order valence-corrected chi connectivity index (χ2v) is 2.64. The SMILES string of the molecule is NNc1c(F)ccc2ncccc12. The normalized spacial score (nSPS) is 10.3. The van der Waals surface area contributed by atoms with Gasteiger partial charge in [-0.3, -0.25) is 10.8 Å². The van der Waals surface area contributed by atoms with E-state index in [0.717, 1.165) is 5.52 Å². The molecule has 0 fully saturated rings. The zero-order valence-corrected chi connectivity index (χ0v) is 6.79. The number of nitrogens with two attached hydrogens (primary N) is 1. The van der Waals surface area contributed by atoms with Gasteiger partial charge in [-0.15, -0.1) is 0 Å². The first-order valence-corrected chi connectivity index (χ1v) is 3.83. The van der Waals surface area contributed by atoms with E-state index in [2.05, 4.69) is 10.4 Å². The predicted molar refractivity (Wildman–Crippen MR) is 49.5 cm³/mol. The van der Waals surface area contributed by atoms with Crippen LogP contribution in [0.4, 0.5) is 10.1 Å². The second-order valence-electron chi connectivity index (χ2n) is 2.64. The molecule has 1 aromatic heterocycles. The van der Waals surface area contributed by atoms with Crippen molar-refractivity contribution in [2.75, 3.05) is 5.43 Å². The summed E-state index contributed by atoms with van der Waals surface area (Å²) in [6, 6.07) is 6.46. The molecule has 3 N–H and O–H groups in total. The van der Waals surface area contributed by atoms with Gasteiger partial charge < -0.3 is 5.43 Å². The lowest BCUT2D eigenvalue weighted by Crippen LogP contribution is -2.09. The molecule has 0 saturated heterocycles. The Bertz CT molecular complexity index is 442. The number of fused-ring (bicyclic) bond motifs is 1. The van der Waals surface area contributed by atoms with Gasteiger partial charge in [0.25, 0.3) is 0 Å². The monoisotopic (exact) mass is 177 g/mol. The summed E-state index contributed by atoms with van der Waals surface area (Å²) in [5, 5.41) is 0.685. The number of pyridine rings is 1. The highest BCUT2D eigenvalue weighted by atomic mass is 19.1. The van der Waals surface area contributed by atoms with Gasteiger partial charge in [0.1, 0.15) is 5.82 Å². The molecule has 0 bridgehead atoms. The summed E-state index contributed by atoms with van der Waals surface area (Å²) in [6.07, 6.45) is 1.65. The van der Waals surface area contributed by atoms with Crippen molar-refractivity contribution in [1.82, 2.24) is 4.98 Å². The Balaban J connectivity index is 2.84. The third kappa shape index (κ3) is 1.21.